The molecule has 36 heavy (non-hydrogen) atoms. The van der Waals surface area contributed by atoms with Crippen molar-refractivity contribution >= 4 is 38.7 Å². The molecule has 2 aromatic heterocycles. The molecule has 2 heterocycles. The van der Waals surface area contributed by atoms with Gasteiger partial charge in [0.15, 0.2) is 17.6 Å². The van der Waals surface area contributed by atoms with Crippen molar-refractivity contribution in [3.05, 3.63) is 60.3 Å². The monoisotopic (exact) mass is 512 g/mol. The average molecular weight is 513 g/mol. The van der Waals surface area contributed by atoms with Crippen LogP contribution in [0.5, 0.6) is 5.75 Å². The van der Waals surface area contributed by atoms with Gasteiger partial charge in [-0.25, -0.2) is 23.4 Å². The molecule has 2 aromatic carbocycles. The number of pyridine rings is 1. The molecule has 0 radical (unpaired) electrons. The molecule has 0 bridgehead atoms. The maximum Gasteiger partial charge on any atom is 0.344 e. The second-order valence-electron chi connectivity index (χ2n) is 7.42. The maximum atomic E-state index is 15.7. The number of halogens is 2. The summed E-state index contributed by atoms with van der Waals surface area (Å²) in [6, 6.07) is 10.1. The topological polar surface area (TPSA) is 102 Å². The first-order valence-electron chi connectivity index (χ1n) is 11.1. The summed E-state index contributed by atoms with van der Waals surface area (Å²) < 4.78 is 41.0. The van der Waals surface area contributed by atoms with E-state index in [-0.39, 0.29) is 35.1 Å². The maximum absolute atomic E-state index is 15.7. The first kappa shape index (κ1) is 25.0. The number of anilines is 1. The molecular weight excluding hydrogens is 490 g/mol. The zero-order valence-electron chi connectivity index (χ0n) is 19.4. The van der Waals surface area contributed by atoms with Gasteiger partial charge < -0.3 is 14.8 Å². The van der Waals surface area contributed by atoms with Crippen molar-refractivity contribution in [2.24, 2.45) is 0 Å². The summed E-state index contributed by atoms with van der Waals surface area (Å²) in [7, 11) is 0. The molecule has 0 saturated heterocycles. The van der Waals surface area contributed by atoms with Crippen molar-refractivity contribution in [2.45, 2.75) is 13.8 Å². The van der Waals surface area contributed by atoms with Crippen molar-refractivity contribution in [2.75, 3.05) is 25.1 Å². The van der Waals surface area contributed by atoms with E-state index in [9.17, 15) is 14.0 Å². The number of thiazole rings is 1. The molecule has 186 valence electrons. The molecule has 0 aliphatic carbocycles. The van der Waals surface area contributed by atoms with Gasteiger partial charge in [-0.3, -0.25) is 10.3 Å². The van der Waals surface area contributed by atoms with Gasteiger partial charge in [0.25, 0.3) is 0 Å². The third kappa shape index (κ3) is 5.41. The summed E-state index contributed by atoms with van der Waals surface area (Å²) in [6.45, 7) is 3.86. The Labute approximate surface area is 209 Å². The number of hydrogen-bond acceptors (Lipinski definition) is 7. The molecule has 4 rings (SSSR count). The van der Waals surface area contributed by atoms with E-state index in [2.05, 4.69) is 20.6 Å². The molecule has 4 aromatic rings. The second-order valence-corrected chi connectivity index (χ2v) is 8.42. The standard InChI is InChI=1S/C25H22F2N4O4S/c1-3-28-24(33)31-25-30-22-20(27)16(12-17(23(22)36-25)21-18(26)6-5-11-29-21)14-7-9-15(10-8-14)35-13-19(32)34-4-2/h5-12H,3-4,13H2,1-2H3,(H2,28,30,31,33). The Morgan fingerprint density at radius 3 is 2.56 bits per heavy atom. The Balaban J connectivity index is 1.76. The molecule has 0 fully saturated rings. The lowest BCUT2D eigenvalue weighted by Crippen LogP contribution is -2.28. The number of nitrogens with zero attached hydrogens (tertiary/aromatic N) is 2. The normalized spacial score (nSPS) is 10.8. The second kappa shape index (κ2) is 11.1. The molecule has 0 aliphatic heterocycles. The zero-order valence-corrected chi connectivity index (χ0v) is 20.2. The van der Waals surface area contributed by atoms with Crippen LogP contribution >= 0.6 is 11.3 Å². The average Bonchev–Trinajstić information content (AvgIpc) is 3.28. The fourth-order valence-electron chi connectivity index (χ4n) is 3.45. The largest absolute Gasteiger partial charge is 0.482 e. The Morgan fingerprint density at radius 1 is 1.08 bits per heavy atom. The van der Waals surface area contributed by atoms with Gasteiger partial charge in [0, 0.05) is 23.9 Å². The minimum absolute atomic E-state index is 0.0213. The Morgan fingerprint density at radius 2 is 1.86 bits per heavy atom. The zero-order chi connectivity index (χ0) is 25.7. The van der Waals surface area contributed by atoms with Crippen LogP contribution in [-0.4, -0.2) is 41.7 Å². The van der Waals surface area contributed by atoms with Crippen LogP contribution in [0.4, 0.5) is 18.7 Å². The highest BCUT2D eigenvalue weighted by molar-refractivity contribution is 7.22. The molecule has 2 N–H and O–H groups in total. The molecule has 2 amide bonds. The van der Waals surface area contributed by atoms with Crippen molar-refractivity contribution < 1.29 is 27.8 Å². The summed E-state index contributed by atoms with van der Waals surface area (Å²) in [5, 5.41) is 5.32. The van der Waals surface area contributed by atoms with Crippen LogP contribution < -0.4 is 15.4 Å². The van der Waals surface area contributed by atoms with Crippen LogP contribution in [-0.2, 0) is 9.53 Å². The minimum Gasteiger partial charge on any atom is -0.482 e. The number of hydrogen-bond donors (Lipinski definition) is 2. The van der Waals surface area contributed by atoms with Crippen molar-refractivity contribution in [1.82, 2.24) is 15.3 Å². The van der Waals surface area contributed by atoms with E-state index >= 15 is 4.39 Å². The van der Waals surface area contributed by atoms with Gasteiger partial charge >= 0.3 is 12.0 Å². The number of rotatable bonds is 8. The highest BCUT2D eigenvalue weighted by Crippen LogP contribution is 2.41. The van der Waals surface area contributed by atoms with Gasteiger partial charge in [0.05, 0.1) is 11.3 Å². The van der Waals surface area contributed by atoms with Crippen molar-refractivity contribution in [3.8, 4) is 28.1 Å². The molecule has 11 heteroatoms. The van der Waals surface area contributed by atoms with Crippen LogP contribution in [0.1, 0.15) is 13.8 Å². The highest BCUT2D eigenvalue weighted by atomic mass is 32.1. The van der Waals surface area contributed by atoms with Gasteiger partial charge in [-0.2, -0.15) is 0 Å². The number of esters is 1. The molecular formula is C25H22F2N4O4S. The van der Waals surface area contributed by atoms with E-state index in [1.54, 1.807) is 38.1 Å². The van der Waals surface area contributed by atoms with Gasteiger partial charge in [-0.15, -0.1) is 0 Å². The number of fused-ring (bicyclic) bond motifs is 1. The molecule has 0 atom stereocenters. The van der Waals surface area contributed by atoms with Gasteiger partial charge in [-0.1, -0.05) is 23.5 Å². The molecule has 8 nitrogen and oxygen atoms in total. The molecule has 0 spiro atoms. The molecule has 0 saturated carbocycles. The Hall–Kier alpha value is -4.12. The lowest BCUT2D eigenvalue weighted by Gasteiger charge is -2.11. The lowest BCUT2D eigenvalue weighted by molar-refractivity contribution is -0.145. The quantitative estimate of drug-likeness (QED) is 0.307. The number of carbonyl (C=O) groups excluding carboxylic acids is 2. The highest BCUT2D eigenvalue weighted by Gasteiger charge is 2.22. The van der Waals surface area contributed by atoms with E-state index in [4.69, 9.17) is 9.47 Å². The number of aromatic nitrogens is 2. The SMILES string of the molecule is CCNC(=O)Nc1nc2c(F)c(-c3ccc(OCC(=O)OCC)cc3)cc(-c3ncccc3F)c2s1. The number of carbonyl (C=O) groups is 2. The van der Waals surface area contributed by atoms with Crippen molar-refractivity contribution in [3.63, 3.8) is 0 Å². The summed E-state index contributed by atoms with van der Waals surface area (Å²) in [4.78, 5) is 31.9. The predicted octanol–water partition coefficient (Wildman–Crippen LogP) is 5.39. The Bertz CT molecular complexity index is 1410. The summed E-state index contributed by atoms with van der Waals surface area (Å²) in [5.41, 5.74) is 0.984. The Kier molecular flexibility index (Phi) is 7.69. The summed E-state index contributed by atoms with van der Waals surface area (Å²) >= 11 is 1.02. The van der Waals surface area contributed by atoms with Crippen LogP contribution in [0.15, 0.2) is 48.7 Å². The number of nitrogens with one attached hydrogen (secondary N) is 2. The first-order chi connectivity index (χ1) is 17.4. The van der Waals surface area contributed by atoms with E-state index in [1.165, 1.54) is 24.4 Å². The summed E-state index contributed by atoms with van der Waals surface area (Å²) in [6.07, 6.45) is 1.44. The van der Waals surface area contributed by atoms with Crippen LogP contribution in [0.3, 0.4) is 0 Å². The fraction of sp³-hybridized carbons (Fsp3) is 0.200. The number of urea groups is 1. The minimum atomic E-state index is -0.634. The van der Waals surface area contributed by atoms with Crippen LogP contribution in [0, 0.1) is 11.6 Å². The molecule has 0 unspecified atom stereocenters. The number of amides is 2. The molecule has 0 aliphatic rings. The third-order valence-electron chi connectivity index (χ3n) is 5.00. The van der Waals surface area contributed by atoms with Gasteiger partial charge in [0.1, 0.15) is 22.8 Å². The third-order valence-corrected chi connectivity index (χ3v) is 6.01. The smallest absolute Gasteiger partial charge is 0.344 e. The van der Waals surface area contributed by atoms with Gasteiger partial charge in [-0.05, 0) is 49.7 Å². The van der Waals surface area contributed by atoms with E-state index in [0.717, 1.165) is 11.3 Å². The van der Waals surface area contributed by atoms with E-state index in [0.29, 0.717) is 28.1 Å². The fourth-order valence-corrected chi connectivity index (χ4v) is 4.42. The lowest BCUT2D eigenvalue weighted by atomic mass is 9.99. The predicted molar refractivity (Wildman–Crippen MR) is 133 cm³/mol. The number of ether oxygens (including phenoxy) is 2. The van der Waals surface area contributed by atoms with Crippen LogP contribution in [0.2, 0.25) is 0 Å². The van der Waals surface area contributed by atoms with Gasteiger partial charge in [0.2, 0.25) is 0 Å². The number of benzene rings is 2. The van der Waals surface area contributed by atoms with E-state index in [1.807, 2.05) is 0 Å². The summed E-state index contributed by atoms with van der Waals surface area (Å²) in [5.74, 6) is -1.32. The van der Waals surface area contributed by atoms with E-state index < -0.39 is 23.6 Å². The van der Waals surface area contributed by atoms with Crippen molar-refractivity contribution in [1.29, 1.82) is 0 Å². The van der Waals surface area contributed by atoms with Crippen LogP contribution in [0.25, 0.3) is 32.6 Å². The first-order valence-corrected chi connectivity index (χ1v) is 11.9.